The molecule has 0 aliphatic carbocycles. The maximum Gasteiger partial charge on any atom is 0.0491 e. The molecule has 2 nitrogen and oxygen atoms in total. The molecule has 9 aromatic rings. The van der Waals surface area contributed by atoms with Crippen molar-refractivity contribution in [3.05, 3.63) is 146 Å². The van der Waals surface area contributed by atoms with E-state index in [0.717, 1.165) is 13.1 Å². The lowest BCUT2D eigenvalue weighted by Gasteiger charge is -2.19. The van der Waals surface area contributed by atoms with Gasteiger partial charge in [0.15, 0.2) is 0 Å². The number of aryl methyl sites for hydroxylation is 2. The molecule has 1 aromatic heterocycles. The van der Waals surface area contributed by atoms with Gasteiger partial charge in [-0.05, 0) is 105 Å². The minimum absolute atomic E-state index is 0.869. The minimum Gasteiger partial charge on any atom is -0.341 e. The van der Waals surface area contributed by atoms with Crippen molar-refractivity contribution in [1.82, 2.24) is 9.13 Å². The van der Waals surface area contributed by atoms with Crippen LogP contribution in [-0.2, 0) is 13.1 Å². The fourth-order valence-corrected chi connectivity index (χ4v) is 7.82. The number of fused-ring (bicyclic) bond motifs is 4. The Morgan fingerprint density at radius 2 is 0.761 bits per heavy atom. The topological polar surface area (TPSA) is 9.86 Å². The average Bonchev–Trinajstić information content (AvgIpc) is 3.11. The van der Waals surface area contributed by atoms with E-state index in [-0.39, 0.29) is 0 Å². The van der Waals surface area contributed by atoms with Crippen molar-refractivity contribution < 1.29 is 0 Å². The Kier molecular flexibility index (Phi) is 6.11. The number of rotatable bonds is 4. The monoisotopic (exact) mass is 590 g/mol. The van der Waals surface area contributed by atoms with Crippen LogP contribution in [0.15, 0.2) is 146 Å². The lowest BCUT2D eigenvalue weighted by molar-refractivity contribution is 0.816. The zero-order valence-corrected chi connectivity index (χ0v) is 26.2. The highest BCUT2D eigenvalue weighted by Gasteiger charge is 2.15. The van der Waals surface area contributed by atoms with E-state index < -0.39 is 0 Å². The summed E-state index contributed by atoms with van der Waals surface area (Å²) in [6, 6.07) is 54.2. The molecule has 1 heterocycles. The summed E-state index contributed by atoms with van der Waals surface area (Å²) in [7, 11) is 0. The molecule has 0 radical (unpaired) electrons. The zero-order chi connectivity index (χ0) is 30.8. The van der Waals surface area contributed by atoms with Crippen molar-refractivity contribution in [1.29, 1.82) is 0 Å². The highest BCUT2D eigenvalue weighted by atomic mass is 15.0. The van der Waals surface area contributed by atoms with Crippen molar-refractivity contribution >= 4 is 65.2 Å². The average molecular weight is 591 g/mol. The van der Waals surface area contributed by atoms with E-state index >= 15 is 0 Å². The molecule has 0 saturated heterocycles. The largest absolute Gasteiger partial charge is 0.341 e. The molecular weight excluding hydrogens is 556 g/mol. The predicted molar refractivity (Wildman–Crippen MR) is 198 cm³/mol. The Balaban J connectivity index is 1.41. The molecular formula is C44H34N2. The van der Waals surface area contributed by atoms with Crippen LogP contribution in [0.2, 0.25) is 0 Å². The Labute approximate surface area is 268 Å². The number of hydrogen-bond donors (Lipinski definition) is 0. The maximum atomic E-state index is 2.48. The SMILES string of the molecule is CCn1c2ccc3c(-c4cccc5ccccc45)ccc(c3c2)n(CC)c2ccc3c(-c4cccc5ccccc45)ccc1c3c2. The Bertz CT molecular complexity index is 2470. The molecule has 0 aliphatic rings. The Hall–Kier alpha value is -5.60. The first-order chi connectivity index (χ1) is 22.7. The van der Waals surface area contributed by atoms with Gasteiger partial charge < -0.3 is 9.13 Å². The van der Waals surface area contributed by atoms with Crippen molar-refractivity contribution in [2.75, 3.05) is 0 Å². The van der Waals surface area contributed by atoms with Crippen LogP contribution >= 0.6 is 0 Å². The van der Waals surface area contributed by atoms with E-state index in [1.165, 1.54) is 87.4 Å². The van der Waals surface area contributed by atoms with Gasteiger partial charge in [-0.2, -0.15) is 0 Å². The summed E-state index contributed by atoms with van der Waals surface area (Å²) in [4.78, 5) is 0. The lowest BCUT2D eigenvalue weighted by Crippen LogP contribution is -2.02. The van der Waals surface area contributed by atoms with Gasteiger partial charge >= 0.3 is 0 Å². The van der Waals surface area contributed by atoms with Crippen LogP contribution < -0.4 is 0 Å². The molecule has 8 aromatic carbocycles. The fraction of sp³-hybridized carbons (Fsp3) is 0.0909. The zero-order valence-electron chi connectivity index (χ0n) is 26.2. The lowest BCUT2D eigenvalue weighted by atomic mass is 9.92. The fourth-order valence-electron chi connectivity index (χ4n) is 7.82. The summed E-state index contributed by atoms with van der Waals surface area (Å²) < 4.78 is 4.96. The van der Waals surface area contributed by atoms with Crippen molar-refractivity contribution in [3.63, 3.8) is 0 Å². The third-order valence-electron chi connectivity index (χ3n) is 9.95. The molecule has 2 heteroatoms. The standard InChI is InChI=1S/C44H34N2/c1-3-45-31-19-21-40-38(36-18-10-14-30-12-6-8-16-34(30)36)24-26-44(42(40)27-31)46(4-2)32-20-22-39-37(23-25-43(45)41(39)28-32)35-17-9-13-29-11-5-7-15-33(29)35/h5-28H,3-4H2,1-2H3. The normalized spacial score (nSPS) is 11.9. The van der Waals surface area contributed by atoms with Crippen LogP contribution in [0.5, 0.6) is 0 Å². The van der Waals surface area contributed by atoms with Crippen LogP contribution in [-0.4, -0.2) is 9.13 Å². The summed E-state index contributed by atoms with van der Waals surface area (Å²) in [6.45, 7) is 6.26. The highest BCUT2D eigenvalue weighted by Crippen LogP contribution is 2.39. The molecule has 220 valence electrons. The molecule has 4 bridgehead atoms. The molecule has 46 heavy (non-hydrogen) atoms. The first-order valence-electron chi connectivity index (χ1n) is 16.4. The van der Waals surface area contributed by atoms with Gasteiger partial charge in [0.1, 0.15) is 0 Å². The first-order valence-corrected chi connectivity index (χ1v) is 16.4. The van der Waals surface area contributed by atoms with Crippen molar-refractivity contribution in [2.45, 2.75) is 26.9 Å². The molecule has 9 rings (SSSR count). The number of nitrogens with zero attached hydrogens (tertiary/aromatic N) is 2. The highest BCUT2D eigenvalue weighted by molar-refractivity contribution is 6.13. The summed E-state index contributed by atoms with van der Waals surface area (Å²) in [5.41, 5.74) is 10.0. The molecule has 0 aliphatic heterocycles. The van der Waals surface area contributed by atoms with Gasteiger partial charge in [-0.15, -0.1) is 0 Å². The molecule has 0 N–H and O–H groups in total. The first kappa shape index (κ1) is 26.8. The van der Waals surface area contributed by atoms with E-state index in [9.17, 15) is 0 Å². The molecule has 0 amide bonds. The summed E-state index contributed by atoms with van der Waals surface area (Å²) in [6.07, 6.45) is 0. The molecule has 0 fully saturated rings. The number of aromatic nitrogens is 2. The molecule has 0 saturated carbocycles. The van der Waals surface area contributed by atoms with Gasteiger partial charge in [0.25, 0.3) is 0 Å². The van der Waals surface area contributed by atoms with Gasteiger partial charge in [-0.3, -0.25) is 0 Å². The Morgan fingerprint density at radius 1 is 0.348 bits per heavy atom. The smallest absolute Gasteiger partial charge is 0.0491 e. The van der Waals surface area contributed by atoms with E-state index in [4.69, 9.17) is 0 Å². The van der Waals surface area contributed by atoms with Crippen LogP contribution in [0.25, 0.3) is 87.4 Å². The second-order valence-electron chi connectivity index (χ2n) is 12.3. The number of benzene rings is 8. The van der Waals surface area contributed by atoms with Crippen LogP contribution in [0.4, 0.5) is 0 Å². The second kappa shape index (κ2) is 10.5. The summed E-state index contributed by atoms with van der Waals surface area (Å²) >= 11 is 0. The van der Waals surface area contributed by atoms with Crippen molar-refractivity contribution in [3.8, 4) is 22.3 Å². The number of hydrogen-bond acceptors (Lipinski definition) is 0. The van der Waals surface area contributed by atoms with Gasteiger partial charge in [0.2, 0.25) is 0 Å². The van der Waals surface area contributed by atoms with Crippen LogP contribution in [0, 0.1) is 0 Å². The predicted octanol–water partition coefficient (Wildman–Crippen LogP) is 12.1. The maximum absolute atomic E-state index is 2.48. The second-order valence-corrected chi connectivity index (χ2v) is 12.3. The minimum atomic E-state index is 0.869. The van der Waals surface area contributed by atoms with Crippen LogP contribution in [0.3, 0.4) is 0 Å². The third kappa shape index (κ3) is 3.96. The van der Waals surface area contributed by atoms with Gasteiger partial charge in [0.05, 0.1) is 0 Å². The quantitative estimate of drug-likeness (QED) is 0.193. The van der Waals surface area contributed by atoms with Gasteiger partial charge in [-0.25, -0.2) is 0 Å². The van der Waals surface area contributed by atoms with Crippen LogP contribution in [0.1, 0.15) is 13.8 Å². The summed E-state index contributed by atoms with van der Waals surface area (Å²) in [5, 5.41) is 10.2. The van der Waals surface area contributed by atoms with Gasteiger partial charge in [0, 0.05) is 45.9 Å². The van der Waals surface area contributed by atoms with E-state index in [0.29, 0.717) is 0 Å². The van der Waals surface area contributed by atoms with E-state index in [2.05, 4.69) is 169 Å². The van der Waals surface area contributed by atoms with Crippen molar-refractivity contribution in [2.24, 2.45) is 0 Å². The molecule has 0 atom stereocenters. The van der Waals surface area contributed by atoms with E-state index in [1.54, 1.807) is 0 Å². The van der Waals surface area contributed by atoms with Gasteiger partial charge in [-0.1, -0.05) is 109 Å². The summed E-state index contributed by atoms with van der Waals surface area (Å²) in [5.74, 6) is 0. The molecule has 0 spiro atoms. The third-order valence-corrected chi connectivity index (χ3v) is 9.95. The van der Waals surface area contributed by atoms with E-state index in [1.807, 2.05) is 0 Å². The Morgan fingerprint density at radius 3 is 1.22 bits per heavy atom. The molecule has 0 unspecified atom stereocenters.